The van der Waals surface area contributed by atoms with Gasteiger partial charge in [-0.3, -0.25) is 9.89 Å². The number of rotatable bonds is 3. The molecule has 0 saturated heterocycles. The average Bonchev–Trinajstić information content (AvgIpc) is 2.74. The molecule has 0 fully saturated rings. The lowest BCUT2D eigenvalue weighted by molar-refractivity contribution is 0.102. The molecule has 5 nitrogen and oxygen atoms in total. The van der Waals surface area contributed by atoms with Crippen molar-refractivity contribution in [2.45, 2.75) is 19.8 Å². The van der Waals surface area contributed by atoms with E-state index in [1.54, 1.807) is 24.3 Å². The highest BCUT2D eigenvalue weighted by atomic mass is 35.5. The molecule has 0 radical (unpaired) electrons. The van der Waals surface area contributed by atoms with Gasteiger partial charge in [0.1, 0.15) is 0 Å². The summed E-state index contributed by atoms with van der Waals surface area (Å²) < 4.78 is 0. The number of hydrogen-bond acceptors (Lipinski definition) is 3. The van der Waals surface area contributed by atoms with Crippen LogP contribution in [0.4, 0.5) is 11.4 Å². The Morgan fingerprint density at radius 1 is 1.42 bits per heavy atom. The Balaban J connectivity index is 2.24. The highest BCUT2D eigenvalue weighted by Crippen LogP contribution is 2.25. The molecule has 1 aromatic heterocycles. The molecule has 1 heterocycles. The summed E-state index contributed by atoms with van der Waals surface area (Å²) in [7, 11) is 0. The molecule has 1 amide bonds. The van der Waals surface area contributed by atoms with Crippen molar-refractivity contribution in [1.29, 1.82) is 0 Å². The Kier molecular flexibility index (Phi) is 3.76. The van der Waals surface area contributed by atoms with Gasteiger partial charge in [-0.05, 0) is 18.1 Å². The molecule has 4 N–H and O–H groups in total. The lowest BCUT2D eigenvalue weighted by Gasteiger charge is -2.06. The van der Waals surface area contributed by atoms with Crippen LogP contribution in [0.1, 0.15) is 35.9 Å². The first-order valence-corrected chi connectivity index (χ1v) is 6.28. The summed E-state index contributed by atoms with van der Waals surface area (Å²) in [4.78, 5) is 12.1. The van der Waals surface area contributed by atoms with Crippen molar-refractivity contribution in [3.8, 4) is 0 Å². The molecular weight excluding hydrogens is 264 g/mol. The van der Waals surface area contributed by atoms with Crippen molar-refractivity contribution in [1.82, 2.24) is 10.2 Å². The van der Waals surface area contributed by atoms with Crippen LogP contribution in [0.3, 0.4) is 0 Å². The second kappa shape index (κ2) is 5.32. The van der Waals surface area contributed by atoms with Gasteiger partial charge in [-0.15, -0.1) is 0 Å². The zero-order valence-corrected chi connectivity index (χ0v) is 11.5. The number of H-pyrrole nitrogens is 1. The monoisotopic (exact) mass is 278 g/mol. The summed E-state index contributed by atoms with van der Waals surface area (Å²) in [5, 5.41) is 9.90. The van der Waals surface area contributed by atoms with Gasteiger partial charge in [0.05, 0.1) is 22.1 Å². The fraction of sp³-hybridized carbons (Fsp3) is 0.231. The molecule has 19 heavy (non-hydrogen) atoms. The van der Waals surface area contributed by atoms with Crippen molar-refractivity contribution >= 4 is 28.9 Å². The summed E-state index contributed by atoms with van der Waals surface area (Å²) in [5.74, 6) is -0.205. The number of nitrogens with one attached hydrogen (secondary N) is 2. The van der Waals surface area contributed by atoms with E-state index in [-0.39, 0.29) is 17.5 Å². The average molecular weight is 279 g/mol. The molecule has 6 heteroatoms. The van der Waals surface area contributed by atoms with Gasteiger partial charge in [-0.25, -0.2) is 0 Å². The molecule has 0 aliphatic carbocycles. The number of benzene rings is 1. The Bertz CT molecular complexity index is 606. The predicted octanol–water partition coefficient (Wildman–Crippen LogP) is 3.02. The first kappa shape index (κ1) is 13.4. The summed E-state index contributed by atoms with van der Waals surface area (Å²) in [6, 6.07) is 6.99. The highest BCUT2D eigenvalue weighted by Gasteiger charge is 2.19. The van der Waals surface area contributed by atoms with Gasteiger partial charge in [0, 0.05) is 0 Å². The van der Waals surface area contributed by atoms with Gasteiger partial charge in [0.2, 0.25) is 0 Å². The van der Waals surface area contributed by atoms with Crippen LogP contribution < -0.4 is 11.1 Å². The van der Waals surface area contributed by atoms with Gasteiger partial charge in [0.15, 0.2) is 5.69 Å². The summed E-state index contributed by atoms with van der Waals surface area (Å²) in [6.07, 6.45) is 0. The number of carbonyl (C=O) groups excluding carboxylic acids is 1. The molecule has 1 aromatic carbocycles. The molecular formula is C13H15ClN4O. The quantitative estimate of drug-likeness (QED) is 0.807. The van der Waals surface area contributed by atoms with E-state index in [9.17, 15) is 4.79 Å². The molecule has 100 valence electrons. The molecule has 2 aromatic rings. The van der Waals surface area contributed by atoms with Gasteiger partial charge in [-0.1, -0.05) is 37.6 Å². The van der Waals surface area contributed by atoms with Crippen LogP contribution in [-0.2, 0) is 0 Å². The topological polar surface area (TPSA) is 83.8 Å². The van der Waals surface area contributed by atoms with E-state index in [4.69, 9.17) is 17.3 Å². The Labute approximate surface area is 116 Å². The number of nitrogen functional groups attached to an aromatic ring is 1. The van der Waals surface area contributed by atoms with Crippen LogP contribution in [0.5, 0.6) is 0 Å². The number of carbonyl (C=O) groups is 1. The van der Waals surface area contributed by atoms with E-state index in [0.717, 1.165) is 5.69 Å². The fourth-order valence-corrected chi connectivity index (χ4v) is 1.90. The predicted molar refractivity (Wildman–Crippen MR) is 76.5 cm³/mol. The van der Waals surface area contributed by atoms with Crippen LogP contribution in [-0.4, -0.2) is 16.1 Å². The number of para-hydroxylation sites is 1. The van der Waals surface area contributed by atoms with E-state index in [1.165, 1.54) is 0 Å². The third-order valence-corrected chi connectivity index (χ3v) is 3.08. The van der Waals surface area contributed by atoms with E-state index in [0.29, 0.717) is 16.4 Å². The Hall–Kier alpha value is -2.01. The number of aromatic amines is 1. The van der Waals surface area contributed by atoms with E-state index < -0.39 is 0 Å². The summed E-state index contributed by atoms with van der Waals surface area (Å²) in [5.41, 5.74) is 7.75. The van der Waals surface area contributed by atoms with Crippen LogP contribution in [0.2, 0.25) is 5.02 Å². The minimum absolute atomic E-state index is 0.175. The maximum atomic E-state index is 12.1. The normalized spacial score (nSPS) is 10.7. The first-order valence-electron chi connectivity index (χ1n) is 5.90. The van der Waals surface area contributed by atoms with Gasteiger partial charge in [0.25, 0.3) is 5.91 Å². The Morgan fingerprint density at radius 3 is 2.68 bits per heavy atom. The molecule has 0 aliphatic rings. The first-order chi connectivity index (χ1) is 9.00. The van der Waals surface area contributed by atoms with Crippen LogP contribution in [0.25, 0.3) is 0 Å². The zero-order valence-electron chi connectivity index (χ0n) is 10.7. The number of aromatic nitrogens is 2. The standard InChI is InChI=1S/C13H15ClN4O/c1-7(2)11-10(15)12(18-17-11)13(19)16-9-6-4-3-5-8(9)14/h3-7H,15H2,1-2H3,(H,16,19)(H,17,18). The van der Waals surface area contributed by atoms with Crippen LogP contribution in [0.15, 0.2) is 24.3 Å². The van der Waals surface area contributed by atoms with Gasteiger partial charge >= 0.3 is 0 Å². The minimum atomic E-state index is -0.381. The van der Waals surface area contributed by atoms with Crippen molar-refractivity contribution in [3.63, 3.8) is 0 Å². The van der Waals surface area contributed by atoms with E-state index in [2.05, 4.69) is 15.5 Å². The number of amides is 1. The van der Waals surface area contributed by atoms with E-state index in [1.807, 2.05) is 13.8 Å². The number of nitrogens with two attached hydrogens (primary N) is 1. The molecule has 0 atom stereocenters. The minimum Gasteiger partial charge on any atom is -0.395 e. The molecule has 0 spiro atoms. The third kappa shape index (κ3) is 2.71. The maximum Gasteiger partial charge on any atom is 0.278 e. The number of hydrogen-bond donors (Lipinski definition) is 3. The molecule has 0 unspecified atom stereocenters. The second-order valence-electron chi connectivity index (χ2n) is 4.49. The van der Waals surface area contributed by atoms with Crippen molar-refractivity contribution in [2.75, 3.05) is 11.1 Å². The molecule has 0 bridgehead atoms. The zero-order chi connectivity index (χ0) is 14.0. The smallest absolute Gasteiger partial charge is 0.278 e. The third-order valence-electron chi connectivity index (χ3n) is 2.75. The lowest BCUT2D eigenvalue weighted by atomic mass is 10.1. The number of halogens is 1. The van der Waals surface area contributed by atoms with Crippen molar-refractivity contribution in [3.05, 3.63) is 40.7 Å². The molecule has 0 saturated carbocycles. The summed E-state index contributed by atoms with van der Waals surface area (Å²) >= 11 is 5.98. The Morgan fingerprint density at radius 2 is 2.11 bits per heavy atom. The fourth-order valence-electron chi connectivity index (χ4n) is 1.72. The second-order valence-corrected chi connectivity index (χ2v) is 4.90. The molecule has 0 aliphatic heterocycles. The van der Waals surface area contributed by atoms with Crippen molar-refractivity contribution in [2.24, 2.45) is 0 Å². The lowest BCUT2D eigenvalue weighted by Crippen LogP contribution is -2.14. The summed E-state index contributed by atoms with van der Waals surface area (Å²) in [6.45, 7) is 3.94. The molecule has 2 rings (SSSR count). The number of nitrogens with zero attached hydrogens (tertiary/aromatic N) is 1. The van der Waals surface area contributed by atoms with Gasteiger partial charge < -0.3 is 11.1 Å². The SMILES string of the molecule is CC(C)c1[nH]nc(C(=O)Nc2ccccc2Cl)c1N. The van der Waals surface area contributed by atoms with E-state index >= 15 is 0 Å². The largest absolute Gasteiger partial charge is 0.395 e. The van der Waals surface area contributed by atoms with Gasteiger partial charge in [-0.2, -0.15) is 5.10 Å². The van der Waals surface area contributed by atoms with Crippen LogP contribution >= 0.6 is 11.6 Å². The number of anilines is 2. The highest BCUT2D eigenvalue weighted by molar-refractivity contribution is 6.33. The van der Waals surface area contributed by atoms with Crippen LogP contribution in [0, 0.1) is 0 Å². The van der Waals surface area contributed by atoms with Crippen molar-refractivity contribution < 1.29 is 4.79 Å². The maximum absolute atomic E-state index is 12.1.